The van der Waals surface area contributed by atoms with Crippen LogP contribution in [0.2, 0.25) is 0 Å². The first-order valence-electron chi connectivity index (χ1n) is 10.2. The van der Waals surface area contributed by atoms with Gasteiger partial charge in [-0.05, 0) is 11.8 Å². The van der Waals surface area contributed by atoms with Gasteiger partial charge in [0.2, 0.25) is 5.91 Å². The molecule has 6 atom stereocenters. The summed E-state index contributed by atoms with van der Waals surface area (Å²) >= 11 is 4.21. The number of amides is 1. The third-order valence-corrected chi connectivity index (χ3v) is 5.76. The third-order valence-electron chi connectivity index (χ3n) is 5.29. The van der Waals surface area contributed by atoms with Crippen molar-refractivity contribution in [2.24, 2.45) is 17.6 Å². The van der Waals surface area contributed by atoms with Crippen LogP contribution in [0.15, 0.2) is 0 Å². The zero-order valence-corrected chi connectivity index (χ0v) is 18.5. The fourth-order valence-electron chi connectivity index (χ4n) is 2.82. The quantitative estimate of drug-likeness (QED) is 0.177. The molecule has 0 spiro atoms. The van der Waals surface area contributed by atoms with Crippen molar-refractivity contribution in [3.8, 4) is 0 Å². The molecule has 0 aromatic rings. The number of nitrogens with two attached hydrogens (primary N) is 1. The summed E-state index contributed by atoms with van der Waals surface area (Å²) in [4.78, 5) is 24.0. The Balaban J connectivity index is 5.07. The molecule has 0 saturated heterocycles. The number of rotatable bonds is 16. The number of carbonyl (C=O) groups excluding carboxylic acids is 1. The molecule has 0 aliphatic heterocycles. The molecule has 7 N–H and O–H groups in total. The van der Waals surface area contributed by atoms with Crippen LogP contribution < -0.4 is 21.7 Å². The van der Waals surface area contributed by atoms with Crippen molar-refractivity contribution in [2.75, 3.05) is 25.4 Å². The predicted molar refractivity (Wildman–Crippen MR) is 116 cm³/mol. The van der Waals surface area contributed by atoms with Gasteiger partial charge in [0.1, 0.15) is 6.04 Å². The van der Waals surface area contributed by atoms with Crippen LogP contribution in [-0.4, -0.2) is 71.7 Å². The zero-order chi connectivity index (χ0) is 21.7. The number of thiol groups is 1. The molecule has 8 nitrogen and oxygen atoms in total. The number of carboxylic acids is 1. The molecular formula is C19H40N4O4S. The highest BCUT2D eigenvalue weighted by atomic mass is 32.1. The molecule has 0 heterocycles. The maximum atomic E-state index is 12.7. The fourth-order valence-corrected chi connectivity index (χ4v) is 2.95. The molecule has 0 aromatic carbocycles. The SMILES string of the molecule is CC[C@H](C)[C@H](CN[C@H](C(=O)N[C@@H](CCO)C(=O)O)[C@@H](C)CC)NC[C@@H](N)CS. The van der Waals surface area contributed by atoms with E-state index >= 15 is 0 Å². The van der Waals surface area contributed by atoms with Crippen LogP contribution in [0.3, 0.4) is 0 Å². The normalized spacial score (nSPS) is 18.0. The van der Waals surface area contributed by atoms with Gasteiger partial charge in [-0.15, -0.1) is 0 Å². The van der Waals surface area contributed by atoms with E-state index in [-0.39, 0.29) is 36.9 Å². The standard InChI is InChI=1S/C19H40N4O4S/c1-5-12(3)16(21-9-14(20)11-28)10-22-17(13(4)6-2)18(25)23-15(7-8-24)19(26)27/h12-17,21-22,24,28H,5-11,20H2,1-4H3,(H,23,25)(H,26,27)/t12-,13-,14+,15-,16-,17-/m0/s1. The Kier molecular flexibility index (Phi) is 14.6. The molecule has 9 heteroatoms. The molecule has 0 rings (SSSR count). The van der Waals surface area contributed by atoms with E-state index in [1.165, 1.54) is 0 Å². The fraction of sp³-hybridized carbons (Fsp3) is 0.895. The lowest BCUT2D eigenvalue weighted by Crippen LogP contribution is -2.56. The number of hydrogen-bond acceptors (Lipinski definition) is 7. The first-order chi connectivity index (χ1) is 13.2. The van der Waals surface area contributed by atoms with Crippen molar-refractivity contribution in [1.82, 2.24) is 16.0 Å². The lowest BCUT2D eigenvalue weighted by atomic mass is 9.95. The van der Waals surface area contributed by atoms with E-state index in [4.69, 9.17) is 10.8 Å². The molecule has 28 heavy (non-hydrogen) atoms. The van der Waals surface area contributed by atoms with Crippen LogP contribution in [0, 0.1) is 11.8 Å². The van der Waals surface area contributed by atoms with E-state index < -0.39 is 18.1 Å². The zero-order valence-electron chi connectivity index (χ0n) is 17.6. The smallest absolute Gasteiger partial charge is 0.326 e. The van der Waals surface area contributed by atoms with Crippen LogP contribution in [-0.2, 0) is 9.59 Å². The highest BCUT2D eigenvalue weighted by molar-refractivity contribution is 7.80. The van der Waals surface area contributed by atoms with Gasteiger partial charge in [-0.25, -0.2) is 4.79 Å². The summed E-state index contributed by atoms with van der Waals surface area (Å²) in [5, 5.41) is 27.6. The van der Waals surface area contributed by atoms with E-state index in [0.29, 0.717) is 24.8 Å². The van der Waals surface area contributed by atoms with Gasteiger partial charge in [0.05, 0.1) is 6.04 Å². The van der Waals surface area contributed by atoms with Crippen molar-refractivity contribution in [2.45, 2.75) is 71.1 Å². The summed E-state index contributed by atoms with van der Waals surface area (Å²) in [6, 6.07) is -1.53. The summed E-state index contributed by atoms with van der Waals surface area (Å²) in [6.07, 6.45) is 1.73. The van der Waals surface area contributed by atoms with Crippen LogP contribution in [0.5, 0.6) is 0 Å². The molecule has 0 aliphatic carbocycles. The number of carbonyl (C=O) groups is 2. The first kappa shape index (κ1) is 27.1. The van der Waals surface area contributed by atoms with Crippen LogP contribution in [0.25, 0.3) is 0 Å². The molecular weight excluding hydrogens is 380 g/mol. The minimum absolute atomic E-state index is 0.0209. The van der Waals surface area contributed by atoms with Gasteiger partial charge in [0.15, 0.2) is 0 Å². The van der Waals surface area contributed by atoms with Gasteiger partial charge in [0.25, 0.3) is 0 Å². The molecule has 0 aliphatic rings. The summed E-state index contributed by atoms with van der Waals surface area (Å²) in [5.74, 6) is -0.509. The Hall–Kier alpha value is -0.870. The topological polar surface area (TPSA) is 137 Å². The Morgan fingerprint density at radius 3 is 2.14 bits per heavy atom. The van der Waals surface area contributed by atoms with Gasteiger partial charge < -0.3 is 31.9 Å². The average molecular weight is 421 g/mol. The number of carboxylic acid groups (broad SMARTS) is 1. The Morgan fingerprint density at radius 2 is 1.68 bits per heavy atom. The van der Waals surface area contributed by atoms with Crippen molar-refractivity contribution in [3.63, 3.8) is 0 Å². The van der Waals surface area contributed by atoms with Gasteiger partial charge in [-0.1, -0.05) is 40.5 Å². The lowest BCUT2D eigenvalue weighted by molar-refractivity contribution is -0.142. The number of aliphatic hydroxyl groups excluding tert-OH is 1. The molecule has 0 bridgehead atoms. The van der Waals surface area contributed by atoms with E-state index in [2.05, 4.69) is 42.4 Å². The lowest BCUT2D eigenvalue weighted by Gasteiger charge is -2.30. The average Bonchev–Trinajstić information content (AvgIpc) is 2.68. The van der Waals surface area contributed by atoms with Crippen LogP contribution in [0.1, 0.15) is 47.0 Å². The van der Waals surface area contributed by atoms with Crippen molar-refractivity contribution in [1.29, 1.82) is 0 Å². The summed E-state index contributed by atoms with van der Waals surface area (Å²) < 4.78 is 0. The number of hydrogen-bond donors (Lipinski definition) is 7. The molecule has 0 unspecified atom stereocenters. The highest BCUT2D eigenvalue weighted by Gasteiger charge is 2.29. The minimum atomic E-state index is -1.15. The maximum Gasteiger partial charge on any atom is 0.326 e. The Morgan fingerprint density at radius 1 is 1.07 bits per heavy atom. The molecule has 0 fully saturated rings. The number of aliphatic carboxylic acids is 1. The molecule has 0 radical (unpaired) electrons. The Labute approximate surface area is 174 Å². The first-order valence-corrected chi connectivity index (χ1v) is 10.8. The molecule has 0 aromatic heterocycles. The summed E-state index contributed by atoms with van der Waals surface area (Å²) in [7, 11) is 0. The summed E-state index contributed by atoms with van der Waals surface area (Å²) in [6.45, 7) is 9.11. The van der Waals surface area contributed by atoms with Gasteiger partial charge >= 0.3 is 5.97 Å². The summed E-state index contributed by atoms with van der Waals surface area (Å²) in [5.41, 5.74) is 5.95. The molecule has 0 saturated carbocycles. The second-order valence-electron chi connectivity index (χ2n) is 7.53. The van der Waals surface area contributed by atoms with Crippen LogP contribution >= 0.6 is 12.6 Å². The van der Waals surface area contributed by atoms with Gasteiger partial charge in [-0.3, -0.25) is 4.79 Å². The maximum absolute atomic E-state index is 12.7. The van der Waals surface area contributed by atoms with Gasteiger partial charge in [-0.2, -0.15) is 12.6 Å². The second kappa shape index (κ2) is 15.0. The van der Waals surface area contributed by atoms with Crippen LogP contribution in [0.4, 0.5) is 0 Å². The van der Waals surface area contributed by atoms with E-state index in [0.717, 1.165) is 12.8 Å². The van der Waals surface area contributed by atoms with Crippen molar-refractivity contribution < 1.29 is 19.8 Å². The largest absolute Gasteiger partial charge is 0.480 e. The molecule has 166 valence electrons. The van der Waals surface area contributed by atoms with Gasteiger partial charge in [0, 0.05) is 44.0 Å². The number of aliphatic hydroxyl groups is 1. The van der Waals surface area contributed by atoms with E-state index in [9.17, 15) is 14.7 Å². The third kappa shape index (κ3) is 10.1. The van der Waals surface area contributed by atoms with Crippen molar-refractivity contribution in [3.05, 3.63) is 0 Å². The molecule has 1 amide bonds. The van der Waals surface area contributed by atoms with Crippen molar-refractivity contribution >= 4 is 24.5 Å². The number of nitrogens with one attached hydrogen (secondary N) is 3. The van der Waals surface area contributed by atoms with E-state index in [1.807, 2.05) is 13.8 Å². The van der Waals surface area contributed by atoms with E-state index in [1.54, 1.807) is 0 Å². The highest BCUT2D eigenvalue weighted by Crippen LogP contribution is 2.12. The Bertz CT molecular complexity index is 456. The predicted octanol–water partition coefficient (Wildman–Crippen LogP) is 0.204. The second-order valence-corrected chi connectivity index (χ2v) is 7.89. The monoisotopic (exact) mass is 420 g/mol. The minimum Gasteiger partial charge on any atom is -0.480 e.